The number of rotatable bonds is 4. The van der Waals surface area contributed by atoms with E-state index in [0.29, 0.717) is 16.1 Å². The summed E-state index contributed by atoms with van der Waals surface area (Å²) in [5, 5.41) is 21.6. The molecular weight excluding hydrogens is 430 g/mol. The molecule has 0 bridgehead atoms. The van der Waals surface area contributed by atoms with Gasteiger partial charge < -0.3 is 9.88 Å². The van der Waals surface area contributed by atoms with E-state index in [9.17, 15) is 4.79 Å². The quantitative estimate of drug-likeness (QED) is 0.483. The fourth-order valence-corrected chi connectivity index (χ4v) is 4.64. The Bertz CT molecular complexity index is 1350. The second kappa shape index (κ2) is 8.48. The molecule has 1 aliphatic heterocycles. The number of nitrogens with zero attached hydrogens (tertiary/aromatic N) is 6. The predicted molar refractivity (Wildman–Crippen MR) is 126 cm³/mol. The van der Waals surface area contributed by atoms with Crippen molar-refractivity contribution >= 4 is 62.4 Å². The van der Waals surface area contributed by atoms with Gasteiger partial charge in [0.25, 0.3) is 0 Å². The van der Waals surface area contributed by atoms with Gasteiger partial charge in [-0.2, -0.15) is 5.10 Å². The third kappa shape index (κ3) is 4.04. The first kappa shape index (κ1) is 19.7. The van der Waals surface area contributed by atoms with E-state index in [1.165, 1.54) is 23.5 Å². The molecule has 31 heavy (non-hydrogen) atoms. The van der Waals surface area contributed by atoms with Gasteiger partial charge in [-0.05, 0) is 11.6 Å². The SMILES string of the molecule is Cn1c2ccccc2c2nnc(SCC(=O)NC3=NN=C(c4ccccc4)CS3)nc21. The number of aromatic nitrogens is 4. The summed E-state index contributed by atoms with van der Waals surface area (Å²) < 4.78 is 1.99. The third-order valence-corrected chi connectivity index (χ3v) is 6.49. The van der Waals surface area contributed by atoms with Gasteiger partial charge in [0, 0.05) is 18.2 Å². The molecule has 2 aromatic carbocycles. The molecule has 154 valence electrons. The fourth-order valence-electron chi connectivity index (χ4n) is 3.27. The molecule has 1 amide bonds. The number of amidine groups is 1. The molecule has 5 rings (SSSR count). The standard InChI is InChI=1S/C21H17N7OS2/c1-28-16-10-6-5-9-14(16)18-19(28)23-21(27-25-18)31-12-17(29)22-20-26-24-15(11-30-20)13-7-3-2-4-8-13/h2-10H,11-12H2,1H3,(H,22,26,29). The Kier molecular flexibility index (Phi) is 5.39. The van der Waals surface area contributed by atoms with Gasteiger partial charge in [0.05, 0.1) is 17.0 Å². The molecule has 0 spiro atoms. The van der Waals surface area contributed by atoms with E-state index in [0.717, 1.165) is 33.3 Å². The van der Waals surface area contributed by atoms with Gasteiger partial charge in [0.1, 0.15) is 5.52 Å². The summed E-state index contributed by atoms with van der Waals surface area (Å²) in [5.41, 5.74) is 4.47. The van der Waals surface area contributed by atoms with Gasteiger partial charge >= 0.3 is 0 Å². The highest BCUT2D eigenvalue weighted by molar-refractivity contribution is 8.14. The average molecular weight is 448 g/mol. The summed E-state index contributed by atoms with van der Waals surface area (Å²) in [6, 6.07) is 17.9. The van der Waals surface area contributed by atoms with Crippen molar-refractivity contribution in [2.45, 2.75) is 5.16 Å². The van der Waals surface area contributed by atoms with E-state index >= 15 is 0 Å². The third-order valence-electron chi connectivity index (χ3n) is 4.78. The van der Waals surface area contributed by atoms with Crippen molar-refractivity contribution in [3.63, 3.8) is 0 Å². The number of thioether (sulfide) groups is 2. The average Bonchev–Trinajstić information content (AvgIpc) is 3.11. The van der Waals surface area contributed by atoms with Crippen molar-refractivity contribution in [2.24, 2.45) is 17.3 Å². The molecule has 1 aliphatic rings. The zero-order chi connectivity index (χ0) is 21.2. The summed E-state index contributed by atoms with van der Waals surface area (Å²) in [5.74, 6) is 0.628. The molecule has 3 heterocycles. The van der Waals surface area contributed by atoms with Gasteiger partial charge in [0.2, 0.25) is 11.1 Å². The van der Waals surface area contributed by atoms with Crippen LogP contribution in [-0.4, -0.2) is 48.0 Å². The number of carbonyl (C=O) groups is 1. The van der Waals surface area contributed by atoms with Crippen molar-refractivity contribution in [1.82, 2.24) is 25.1 Å². The number of nitrogens with one attached hydrogen (secondary N) is 1. The summed E-state index contributed by atoms with van der Waals surface area (Å²) in [4.78, 5) is 16.9. The van der Waals surface area contributed by atoms with Crippen LogP contribution < -0.4 is 5.32 Å². The summed E-state index contributed by atoms with van der Waals surface area (Å²) in [6.45, 7) is 0. The molecule has 2 aromatic heterocycles. The zero-order valence-corrected chi connectivity index (χ0v) is 18.2. The van der Waals surface area contributed by atoms with Gasteiger partial charge in [-0.3, -0.25) is 4.79 Å². The van der Waals surface area contributed by atoms with Crippen LogP contribution in [-0.2, 0) is 11.8 Å². The minimum absolute atomic E-state index is 0.159. The Balaban J connectivity index is 1.24. The van der Waals surface area contributed by atoms with Crippen molar-refractivity contribution in [3.8, 4) is 0 Å². The molecule has 0 radical (unpaired) electrons. The Morgan fingerprint density at radius 3 is 2.71 bits per heavy atom. The highest BCUT2D eigenvalue weighted by Crippen LogP contribution is 2.25. The van der Waals surface area contributed by atoms with Crippen LogP contribution in [0.25, 0.3) is 22.1 Å². The van der Waals surface area contributed by atoms with Crippen LogP contribution >= 0.6 is 23.5 Å². The smallest absolute Gasteiger partial charge is 0.236 e. The number of hydrogen-bond donors (Lipinski definition) is 1. The van der Waals surface area contributed by atoms with E-state index in [-0.39, 0.29) is 11.7 Å². The molecule has 10 heteroatoms. The minimum atomic E-state index is -0.185. The van der Waals surface area contributed by atoms with Crippen LogP contribution in [0.3, 0.4) is 0 Å². The van der Waals surface area contributed by atoms with E-state index in [2.05, 4.69) is 30.7 Å². The van der Waals surface area contributed by atoms with Crippen LogP contribution in [0.15, 0.2) is 70.0 Å². The van der Waals surface area contributed by atoms with E-state index in [4.69, 9.17) is 0 Å². The van der Waals surface area contributed by atoms with Gasteiger partial charge in [-0.15, -0.1) is 15.3 Å². The number of aryl methyl sites for hydroxylation is 1. The number of hydrogen-bond acceptors (Lipinski definition) is 8. The maximum absolute atomic E-state index is 12.4. The summed E-state index contributed by atoms with van der Waals surface area (Å²) in [7, 11) is 1.95. The molecule has 1 N–H and O–H groups in total. The number of para-hydroxylation sites is 1. The monoisotopic (exact) mass is 447 g/mol. The summed E-state index contributed by atoms with van der Waals surface area (Å²) >= 11 is 2.69. The van der Waals surface area contributed by atoms with Gasteiger partial charge in [0.15, 0.2) is 10.8 Å². The fraction of sp³-hybridized carbons (Fsp3) is 0.143. The molecule has 0 atom stereocenters. The predicted octanol–water partition coefficient (Wildman–Crippen LogP) is 3.23. The van der Waals surface area contributed by atoms with E-state index in [1.54, 1.807) is 0 Å². The van der Waals surface area contributed by atoms with Crippen LogP contribution in [0, 0.1) is 0 Å². The first-order valence-corrected chi connectivity index (χ1v) is 11.5. The highest BCUT2D eigenvalue weighted by Gasteiger charge is 2.16. The number of benzene rings is 2. The Hall–Kier alpha value is -3.24. The first-order valence-electron chi connectivity index (χ1n) is 9.52. The van der Waals surface area contributed by atoms with Crippen LogP contribution in [0.2, 0.25) is 0 Å². The Morgan fingerprint density at radius 1 is 1.10 bits per heavy atom. The zero-order valence-electron chi connectivity index (χ0n) is 16.5. The normalized spacial score (nSPS) is 13.8. The molecule has 0 saturated carbocycles. The van der Waals surface area contributed by atoms with E-state index in [1.807, 2.05) is 66.2 Å². The van der Waals surface area contributed by atoms with Crippen molar-refractivity contribution in [3.05, 3.63) is 60.2 Å². The van der Waals surface area contributed by atoms with Crippen LogP contribution in [0.4, 0.5) is 0 Å². The Labute approximate surface area is 186 Å². The lowest BCUT2D eigenvalue weighted by Gasteiger charge is -2.12. The van der Waals surface area contributed by atoms with Crippen LogP contribution in [0.1, 0.15) is 5.56 Å². The molecule has 0 aliphatic carbocycles. The molecule has 0 unspecified atom stereocenters. The first-order chi connectivity index (χ1) is 15.2. The van der Waals surface area contributed by atoms with Crippen molar-refractivity contribution < 1.29 is 4.79 Å². The molecular formula is C21H17N7OS2. The molecule has 0 fully saturated rings. The lowest BCUT2D eigenvalue weighted by atomic mass is 10.1. The topological polar surface area (TPSA) is 97.4 Å². The number of carbonyl (C=O) groups excluding carboxylic acids is 1. The maximum Gasteiger partial charge on any atom is 0.236 e. The van der Waals surface area contributed by atoms with Gasteiger partial charge in [-0.25, -0.2) is 4.98 Å². The minimum Gasteiger partial charge on any atom is -0.327 e. The lowest BCUT2D eigenvalue weighted by Crippen LogP contribution is -2.31. The maximum atomic E-state index is 12.4. The van der Waals surface area contributed by atoms with E-state index < -0.39 is 0 Å². The van der Waals surface area contributed by atoms with Gasteiger partial charge in [-0.1, -0.05) is 72.1 Å². The molecule has 4 aromatic rings. The number of amides is 1. The lowest BCUT2D eigenvalue weighted by molar-refractivity contribution is -0.117. The molecule has 0 saturated heterocycles. The largest absolute Gasteiger partial charge is 0.327 e. The number of fused-ring (bicyclic) bond motifs is 3. The molecule has 8 nitrogen and oxygen atoms in total. The second-order valence-electron chi connectivity index (χ2n) is 6.79. The Morgan fingerprint density at radius 2 is 1.90 bits per heavy atom. The van der Waals surface area contributed by atoms with Crippen molar-refractivity contribution in [2.75, 3.05) is 11.5 Å². The summed E-state index contributed by atoms with van der Waals surface area (Å²) in [6.07, 6.45) is 0. The van der Waals surface area contributed by atoms with Crippen molar-refractivity contribution in [1.29, 1.82) is 0 Å². The second-order valence-corrected chi connectivity index (χ2v) is 8.69. The van der Waals surface area contributed by atoms with Crippen LogP contribution in [0.5, 0.6) is 0 Å². The highest BCUT2D eigenvalue weighted by atomic mass is 32.2.